The molecule has 0 aromatic rings. The summed E-state index contributed by atoms with van der Waals surface area (Å²) in [5, 5.41) is 0.492. The van der Waals surface area contributed by atoms with Gasteiger partial charge in [0.25, 0.3) is 11.8 Å². The van der Waals surface area contributed by atoms with E-state index in [-0.39, 0.29) is 18.7 Å². The van der Waals surface area contributed by atoms with Crippen LogP contribution in [0.15, 0.2) is 0 Å². The Morgan fingerprint density at radius 2 is 1.45 bits per heavy atom. The van der Waals surface area contributed by atoms with Gasteiger partial charge >= 0.3 is 12.1 Å². The monoisotopic (exact) mass is 409 g/mol. The average Bonchev–Trinajstić information content (AvgIpc) is 3.35. The molecule has 3 aliphatic heterocycles. The van der Waals surface area contributed by atoms with E-state index in [1.807, 2.05) is 0 Å². The Labute approximate surface area is 169 Å². The smallest absolute Gasteiger partial charge is 0.410 e. The third-order valence-corrected chi connectivity index (χ3v) is 5.16. The number of hydroxylamine groups is 2. The van der Waals surface area contributed by atoms with E-state index in [9.17, 15) is 24.0 Å². The van der Waals surface area contributed by atoms with Gasteiger partial charge in [-0.05, 0) is 46.5 Å². The first-order chi connectivity index (χ1) is 13.6. The average molecular weight is 409 g/mol. The Balaban J connectivity index is 1.67. The van der Waals surface area contributed by atoms with Crippen LogP contribution < -0.4 is 0 Å². The molecule has 0 aromatic heterocycles. The molecule has 0 saturated carbocycles. The maximum atomic E-state index is 13.1. The summed E-state index contributed by atoms with van der Waals surface area (Å²) >= 11 is 0. The van der Waals surface area contributed by atoms with Crippen LogP contribution >= 0.6 is 0 Å². The molecule has 160 valence electrons. The molecule has 4 amide bonds. The first kappa shape index (κ1) is 21.1. The quantitative estimate of drug-likeness (QED) is 0.639. The molecule has 10 heteroatoms. The molecule has 0 aliphatic carbocycles. The summed E-state index contributed by atoms with van der Waals surface area (Å²) in [5.41, 5.74) is -0.679. The first-order valence-corrected chi connectivity index (χ1v) is 9.96. The van der Waals surface area contributed by atoms with Crippen LogP contribution in [0.5, 0.6) is 0 Å². The summed E-state index contributed by atoms with van der Waals surface area (Å²) in [6.07, 6.45) is 1.57. The normalized spacial score (nSPS) is 25.0. The summed E-state index contributed by atoms with van der Waals surface area (Å²) in [6, 6.07) is -1.59. The molecule has 3 aliphatic rings. The minimum atomic E-state index is -0.884. The third kappa shape index (κ3) is 4.51. The van der Waals surface area contributed by atoms with Crippen LogP contribution in [-0.2, 0) is 28.8 Å². The Morgan fingerprint density at radius 3 is 2.03 bits per heavy atom. The highest BCUT2D eigenvalue weighted by Gasteiger charge is 2.45. The van der Waals surface area contributed by atoms with Crippen molar-refractivity contribution >= 4 is 29.8 Å². The van der Waals surface area contributed by atoms with Crippen molar-refractivity contribution < 1.29 is 33.5 Å². The van der Waals surface area contributed by atoms with Gasteiger partial charge in [-0.25, -0.2) is 9.59 Å². The van der Waals surface area contributed by atoms with Gasteiger partial charge in [0.1, 0.15) is 17.7 Å². The van der Waals surface area contributed by atoms with E-state index >= 15 is 0 Å². The van der Waals surface area contributed by atoms with Crippen LogP contribution in [0.2, 0.25) is 0 Å². The summed E-state index contributed by atoms with van der Waals surface area (Å²) < 4.78 is 5.39. The largest absolute Gasteiger partial charge is 0.444 e. The van der Waals surface area contributed by atoms with Crippen molar-refractivity contribution in [1.29, 1.82) is 0 Å². The molecule has 29 heavy (non-hydrogen) atoms. The fourth-order valence-electron chi connectivity index (χ4n) is 3.84. The number of likely N-dealkylation sites (tertiary alicyclic amines) is 2. The van der Waals surface area contributed by atoms with Gasteiger partial charge < -0.3 is 14.5 Å². The lowest BCUT2D eigenvalue weighted by Gasteiger charge is -2.32. The molecule has 3 saturated heterocycles. The first-order valence-electron chi connectivity index (χ1n) is 9.96. The summed E-state index contributed by atoms with van der Waals surface area (Å²) in [4.78, 5) is 69.3. The summed E-state index contributed by atoms with van der Waals surface area (Å²) in [6.45, 7) is 6.02. The van der Waals surface area contributed by atoms with Gasteiger partial charge in [-0.1, -0.05) is 0 Å². The number of hydrogen-bond acceptors (Lipinski definition) is 7. The lowest BCUT2D eigenvalue weighted by atomic mass is 10.1. The van der Waals surface area contributed by atoms with E-state index < -0.39 is 41.6 Å². The van der Waals surface area contributed by atoms with Crippen LogP contribution in [-0.4, -0.2) is 75.4 Å². The van der Waals surface area contributed by atoms with Crippen molar-refractivity contribution in [2.24, 2.45) is 0 Å². The molecular weight excluding hydrogens is 382 g/mol. The fraction of sp³-hybridized carbons (Fsp3) is 0.737. The van der Waals surface area contributed by atoms with Crippen molar-refractivity contribution in [3.8, 4) is 0 Å². The van der Waals surface area contributed by atoms with Crippen molar-refractivity contribution in [3.05, 3.63) is 0 Å². The van der Waals surface area contributed by atoms with E-state index in [1.54, 1.807) is 20.8 Å². The van der Waals surface area contributed by atoms with Gasteiger partial charge in [0.05, 0.1) is 0 Å². The molecule has 0 unspecified atom stereocenters. The van der Waals surface area contributed by atoms with Crippen molar-refractivity contribution in [2.75, 3.05) is 13.1 Å². The van der Waals surface area contributed by atoms with Crippen LogP contribution in [0.25, 0.3) is 0 Å². The van der Waals surface area contributed by atoms with E-state index in [4.69, 9.17) is 9.57 Å². The van der Waals surface area contributed by atoms with Crippen LogP contribution in [0.1, 0.15) is 59.3 Å². The van der Waals surface area contributed by atoms with Crippen LogP contribution in [0, 0.1) is 0 Å². The molecule has 2 atom stereocenters. The predicted molar refractivity (Wildman–Crippen MR) is 97.9 cm³/mol. The minimum Gasteiger partial charge on any atom is -0.444 e. The number of nitrogens with zero attached hydrogens (tertiary/aromatic N) is 3. The van der Waals surface area contributed by atoms with Crippen molar-refractivity contribution in [2.45, 2.75) is 77.0 Å². The molecule has 3 fully saturated rings. The van der Waals surface area contributed by atoms with Crippen LogP contribution in [0.3, 0.4) is 0 Å². The predicted octanol–water partition coefficient (Wildman–Crippen LogP) is 0.984. The van der Waals surface area contributed by atoms with Gasteiger partial charge in [-0.2, -0.15) is 0 Å². The zero-order chi connectivity index (χ0) is 21.3. The Morgan fingerprint density at radius 1 is 0.897 bits per heavy atom. The number of rotatable bonds is 3. The molecule has 0 spiro atoms. The van der Waals surface area contributed by atoms with Gasteiger partial charge in [0.2, 0.25) is 5.91 Å². The van der Waals surface area contributed by atoms with Gasteiger partial charge in [0.15, 0.2) is 0 Å². The number of hydrogen-bond donors (Lipinski definition) is 0. The molecule has 0 N–H and O–H groups in total. The SMILES string of the molecule is CC(C)(C)OC(=O)N1CCC[C@H]1C(=O)N1CCC[C@H]1C(=O)ON1C(=O)CCC1=O. The molecular formula is C19H27N3O7. The second-order valence-corrected chi connectivity index (χ2v) is 8.51. The van der Waals surface area contributed by atoms with Gasteiger partial charge in [0, 0.05) is 25.9 Å². The highest BCUT2D eigenvalue weighted by atomic mass is 16.7. The maximum absolute atomic E-state index is 13.1. The molecule has 0 bridgehead atoms. The summed E-state index contributed by atoms with van der Waals surface area (Å²) in [7, 11) is 0. The molecule has 0 aromatic carbocycles. The molecule has 3 heterocycles. The molecule has 10 nitrogen and oxygen atoms in total. The minimum absolute atomic E-state index is 0.00630. The third-order valence-electron chi connectivity index (χ3n) is 5.16. The van der Waals surface area contributed by atoms with E-state index in [1.165, 1.54) is 9.80 Å². The van der Waals surface area contributed by atoms with E-state index in [2.05, 4.69) is 0 Å². The topological polar surface area (TPSA) is 114 Å². The molecule has 3 rings (SSSR count). The van der Waals surface area contributed by atoms with Crippen LogP contribution in [0.4, 0.5) is 4.79 Å². The van der Waals surface area contributed by atoms with E-state index in [0.29, 0.717) is 43.8 Å². The zero-order valence-electron chi connectivity index (χ0n) is 17.0. The lowest BCUT2D eigenvalue weighted by molar-refractivity contribution is -0.201. The molecule has 0 radical (unpaired) electrons. The Bertz CT molecular complexity index is 714. The zero-order valence-corrected chi connectivity index (χ0v) is 17.0. The number of carbonyl (C=O) groups is 5. The highest BCUT2D eigenvalue weighted by Crippen LogP contribution is 2.27. The highest BCUT2D eigenvalue weighted by molar-refractivity contribution is 6.02. The summed E-state index contributed by atoms with van der Waals surface area (Å²) in [5.74, 6) is -2.27. The number of carbonyl (C=O) groups excluding carboxylic acids is 5. The Hall–Kier alpha value is -2.65. The lowest BCUT2D eigenvalue weighted by Crippen LogP contribution is -2.52. The Kier molecular flexibility index (Phi) is 5.81. The number of imide groups is 1. The fourth-order valence-corrected chi connectivity index (χ4v) is 3.84. The van der Waals surface area contributed by atoms with Crippen molar-refractivity contribution in [3.63, 3.8) is 0 Å². The van der Waals surface area contributed by atoms with Gasteiger partial charge in [-0.3, -0.25) is 19.3 Å². The van der Waals surface area contributed by atoms with Gasteiger partial charge in [-0.15, -0.1) is 5.06 Å². The maximum Gasteiger partial charge on any atom is 0.410 e. The van der Waals surface area contributed by atoms with E-state index in [0.717, 1.165) is 0 Å². The second kappa shape index (κ2) is 8.00. The second-order valence-electron chi connectivity index (χ2n) is 8.51. The standard InChI is InChI=1S/C19H27N3O7/c1-19(2,3)28-18(27)21-11-4-6-12(21)16(25)20-10-5-7-13(20)17(26)29-22-14(23)8-9-15(22)24/h12-13H,4-11H2,1-3H3/t12-,13-/m0/s1. The number of amides is 4. The van der Waals surface area contributed by atoms with Crippen molar-refractivity contribution in [1.82, 2.24) is 14.9 Å². The number of ether oxygens (including phenoxy) is 1.